The number of nitrogens with zero attached hydrogens (tertiary/aromatic N) is 5. The van der Waals surface area contributed by atoms with Gasteiger partial charge in [-0.05, 0) is 18.2 Å². The lowest BCUT2D eigenvalue weighted by Gasteiger charge is -1.96. The van der Waals surface area contributed by atoms with Crippen LogP contribution < -0.4 is 0 Å². The fourth-order valence-electron chi connectivity index (χ4n) is 2.79. The Morgan fingerprint density at radius 1 is 1.04 bits per heavy atom. The van der Waals surface area contributed by atoms with Gasteiger partial charge in [0, 0.05) is 29.0 Å². The number of hydrogen-bond acceptors (Lipinski definition) is 5. The molecule has 122 valence electrons. The van der Waals surface area contributed by atoms with Gasteiger partial charge in [-0.2, -0.15) is 0 Å². The van der Waals surface area contributed by atoms with Gasteiger partial charge in [0.2, 0.25) is 5.16 Å². The van der Waals surface area contributed by atoms with Crippen LogP contribution in [-0.4, -0.2) is 29.5 Å². The molecule has 0 aliphatic heterocycles. The fourth-order valence-corrected chi connectivity index (χ4v) is 3.63. The third-order valence-electron chi connectivity index (χ3n) is 3.92. The van der Waals surface area contributed by atoms with Crippen LogP contribution in [0.5, 0.6) is 0 Å². The summed E-state index contributed by atoms with van der Waals surface area (Å²) in [5.74, 6) is 0.659. The number of rotatable bonds is 3. The molecule has 0 saturated heterocycles. The number of pyridine rings is 1. The second-order valence-corrected chi connectivity index (χ2v) is 6.97. The molecule has 0 bridgehead atoms. The van der Waals surface area contributed by atoms with E-state index in [2.05, 4.69) is 25.1 Å². The van der Waals surface area contributed by atoms with Crippen LogP contribution >= 0.6 is 23.4 Å². The summed E-state index contributed by atoms with van der Waals surface area (Å²) in [5.41, 5.74) is 4.36. The lowest BCUT2D eigenvalue weighted by Crippen LogP contribution is -1.92. The highest BCUT2D eigenvalue weighted by atomic mass is 35.5. The molecule has 1 aromatic carbocycles. The lowest BCUT2D eigenvalue weighted by molar-refractivity contribution is 0.877. The third-order valence-corrected chi connectivity index (χ3v) is 5.01. The van der Waals surface area contributed by atoms with Gasteiger partial charge < -0.3 is 9.38 Å². The number of hydrogen-bond donors (Lipinski definition) is 1. The smallest absolute Gasteiger partial charge is 0.211 e. The van der Waals surface area contributed by atoms with Crippen LogP contribution in [-0.2, 0) is 5.75 Å². The Labute approximate surface area is 151 Å². The van der Waals surface area contributed by atoms with Gasteiger partial charge in [-0.15, -0.1) is 10.2 Å². The first kappa shape index (κ1) is 14.7. The Morgan fingerprint density at radius 2 is 1.96 bits per heavy atom. The molecule has 4 heterocycles. The average molecular weight is 367 g/mol. The summed E-state index contributed by atoms with van der Waals surface area (Å²) in [4.78, 5) is 12.4. The van der Waals surface area contributed by atoms with E-state index in [0.29, 0.717) is 15.9 Å². The zero-order valence-electron chi connectivity index (χ0n) is 12.8. The van der Waals surface area contributed by atoms with Crippen LogP contribution in [0.1, 0.15) is 5.69 Å². The fraction of sp³-hybridized carbons (Fsp3) is 0.0588. The summed E-state index contributed by atoms with van der Waals surface area (Å²) in [6.07, 6.45) is 3.80. The van der Waals surface area contributed by atoms with E-state index in [0.717, 1.165) is 33.4 Å². The Kier molecular flexibility index (Phi) is 3.36. The predicted molar refractivity (Wildman–Crippen MR) is 99.0 cm³/mol. The highest BCUT2D eigenvalue weighted by molar-refractivity contribution is 7.98. The maximum Gasteiger partial charge on any atom is 0.211 e. The third kappa shape index (κ3) is 2.61. The van der Waals surface area contributed by atoms with E-state index in [1.165, 1.54) is 11.8 Å². The molecule has 0 aliphatic carbocycles. The zero-order valence-corrected chi connectivity index (χ0v) is 14.4. The van der Waals surface area contributed by atoms with Crippen molar-refractivity contribution >= 4 is 51.1 Å². The van der Waals surface area contributed by atoms with E-state index in [9.17, 15) is 0 Å². The van der Waals surface area contributed by atoms with Crippen molar-refractivity contribution in [2.45, 2.75) is 10.9 Å². The first-order chi connectivity index (χ1) is 12.3. The van der Waals surface area contributed by atoms with Gasteiger partial charge in [-0.1, -0.05) is 41.6 Å². The minimum Gasteiger partial charge on any atom is -0.338 e. The first-order valence-electron chi connectivity index (χ1n) is 7.63. The maximum absolute atomic E-state index is 6.00. The Balaban J connectivity index is 1.43. The van der Waals surface area contributed by atoms with Gasteiger partial charge in [0.15, 0.2) is 5.65 Å². The minimum atomic E-state index is 0.620. The number of halogens is 1. The summed E-state index contributed by atoms with van der Waals surface area (Å²) in [5, 5.41) is 10.9. The molecule has 4 aromatic heterocycles. The van der Waals surface area contributed by atoms with Crippen LogP contribution in [0.4, 0.5) is 0 Å². The lowest BCUT2D eigenvalue weighted by atomic mass is 10.2. The largest absolute Gasteiger partial charge is 0.338 e. The highest BCUT2D eigenvalue weighted by Crippen LogP contribution is 2.24. The molecule has 8 heteroatoms. The summed E-state index contributed by atoms with van der Waals surface area (Å²) < 4.78 is 1.91. The minimum absolute atomic E-state index is 0.620. The molecule has 0 fully saturated rings. The second kappa shape index (κ2) is 5.72. The number of fused-ring (bicyclic) bond motifs is 4. The molecule has 0 radical (unpaired) electrons. The Morgan fingerprint density at radius 3 is 2.92 bits per heavy atom. The number of benzene rings is 1. The van der Waals surface area contributed by atoms with E-state index in [4.69, 9.17) is 11.6 Å². The molecule has 25 heavy (non-hydrogen) atoms. The van der Waals surface area contributed by atoms with Gasteiger partial charge in [-0.25, -0.2) is 9.97 Å². The molecule has 0 saturated carbocycles. The molecule has 0 aliphatic rings. The van der Waals surface area contributed by atoms with Gasteiger partial charge in [0.25, 0.3) is 0 Å². The quantitative estimate of drug-likeness (QED) is 0.487. The van der Waals surface area contributed by atoms with Crippen molar-refractivity contribution in [3.05, 3.63) is 59.5 Å². The van der Waals surface area contributed by atoms with E-state index >= 15 is 0 Å². The molecule has 0 spiro atoms. The summed E-state index contributed by atoms with van der Waals surface area (Å²) in [6.45, 7) is 0. The SMILES string of the molecule is Clc1ccc2nc(CSc3nnc4c(n3)[nH]c3ccccc34)cn2c1. The van der Waals surface area contributed by atoms with Gasteiger partial charge in [0.05, 0.1) is 10.7 Å². The molecule has 0 atom stereocenters. The van der Waals surface area contributed by atoms with Crippen molar-refractivity contribution in [1.82, 2.24) is 29.5 Å². The van der Waals surface area contributed by atoms with Crippen LogP contribution in [0.2, 0.25) is 5.02 Å². The van der Waals surface area contributed by atoms with Crippen LogP contribution in [0.15, 0.2) is 53.9 Å². The Hall–Kier alpha value is -2.64. The molecular formula is C17H11ClN6S. The van der Waals surface area contributed by atoms with E-state index in [1.54, 1.807) is 0 Å². The second-order valence-electron chi connectivity index (χ2n) is 5.60. The summed E-state index contributed by atoms with van der Waals surface area (Å²) in [6, 6.07) is 11.7. The van der Waals surface area contributed by atoms with E-state index in [1.807, 2.05) is 53.2 Å². The zero-order chi connectivity index (χ0) is 16.8. The average Bonchev–Trinajstić information content (AvgIpc) is 3.19. The first-order valence-corrected chi connectivity index (χ1v) is 9.00. The van der Waals surface area contributed by atoms with E-state index in [-0.39, 0.29) is 0 Å². The van der Waals surface area contributed by atoms with Crippen molar-refractivity contribution in [2.24, 2.45) is 0 Å². The van der Waals surface area contributed by atoms with Crippen molar-refractivity contribution in [2.75, 3.05) is 0 Å². The van der Waals surface area contributed by atoms with Gasteiger partial charge in [0.1, 0.15) is 11.2 Å². The van der Waals surface area contributed by atoms with Crippen molar-refractivity contribution in [1.29, 1.82) is 0 Å². The number of imidazole rings is 1. The normalized spacial score (nSPS) is 11.7. The standard InChI is InChI=1S/C17H11ClN6S/c18-10-5-6-14-19-11(8-24(14)7-10)9-25-17-21-16-15(22-23-17)12-3-1-2-4-13(12)20-16/h1-8H,9H2,(H,20,21,23). The van der Waals surface area contributed by atoms with Crippen LogP contribution in [0, 0.1) is 0 Å². The number of aromatic amines is 1. The van der Waals surface area contributed by atoms with Crippen molar-refractivity contribution in [3.63, 3.8) is 0 Å². The molecule has 0 unspecified atom stereocenters. The van der Waals surface area contributed by atoms with Gasteiger partial charge >= 0.3 is 0 Å². The van der Waals surface area contributed by atoms with Crippen molar-refractivity contribution < 1.29 is 0 Å². The van der Waals surface area contributed by atoms with Gasteiger partial charge in [-0.3, -0.25) is 0 Å². The van der Waals surface area contributed by atoms with Crippen molar-refractivity contribution in [3.8, 4) is 0 Å². The van der Waals surface area contributed by atoms with E-state index < -0.39 is 0 Å². The summed E-state index contributed by atoms with van der Waals surface area (Å²) >= 11 is 7.51. The highest BCUT2D eigenvalue weighted by Gasteiger charge is 2.10. The molecule has 5 aromatic rings. The topological polar surface area (TPSA) is 71.8 Å². The van der Waals surface area contributed by atoms with Crippen LogP contribution in [0.3, 0.4) is 0 Å². The number of H-pyrrole nitrogens is 1. The molecular weight excluding hydrogens is 356 g/mol. The summed E-state index contributed by atoms with van der Waals surface area (Å²) in [7, 11) is 0. The number of nitrogens with one attached hydrogen (secondary N) is 1. The predicted octanol–water partition coefficient (Wildman–Crippen LogP) is 4.10. The number of aromatic nitrogens is 6. The number of para-hydroxylation sites is 1. The molecule has 0 amide bonds. The molecule has 5 rings (SSSR count). The van der Waals surface area contributed by atoms with Crippen LogP contribution in [0.25, 0.3) is 27.7 Å². The number of thioether (sulfide) groups is 1. The Bertz CT molecular complexity index is 1230. The monoisotopic (exact) mass is 366 g/mol. The maximum atomic E-state index is 6.00. The molecule has 6 nitrogen and oxygen atoms in total. The molecule has 1 N–H and O–H groups in total.